The Balaban J connectivity index is 1.88. The minimum atomic E-state index is -1.89. The van der Waals surface area contributed by atoms with Gasteiger partial charge in [0, 0.05) is 22.1 Å². The van der Waals surface area contributed by atoms with E-state index in [0.29, 0.717) is 0 Å². The number of carbonyl (C=O) groups excluding carboxylic acids is 1. The molecule has 2 heterocycles. The molecule has 1 aromatic heterocycles. The zero-order valence-corrected chi connectivity index (χ0v) is 20.4. The van der Waals surface area contributed by atoms with Crippen LogP contribution in [0.2, 0.25) is 0 Å². The van der Waals surface area contributed by atoms with Crippen molar-refractivity contribution in [2.24, 2.45) is 10.7 Å². The number of nitrogens with two attached hydrogens (primary N) is 1. The molecule has 8 nitrogen and oxygen atoms in total. The second kappa shape index (κ2) is 10.5. The van der Waals surface area contributed by atoms with Crippen molar-refractivity contribution in [3.05, 3.63) is 47.4 Å². The molecule has 1 amide bonds. The highest BCUT2D eigenvalue weighted by atomic mass is 32.2. The third kappa shape index (κ3) is 6.80. The summed E-state index contributed by atoms with van der Waals surface area (Å²) in [6, 6.07) is 2.12. The number of aliphatic imine (C=N–C) groups is 1. The number of thioether (sulfide) groups is 1. The first-order valence-electron chi connectivity index (χ1n) is 10.5. The number of rotatable bonds is 8. The lowest BCUT2D eigenvalue weighted by atomic mass is 9.52. The molecule has 1 aliphatic rings. The van der Waals surface area contributed by atoms with Gasteiger partial charge in [-0.25, -0.2) is 18.7 Å². The van der Waals surface area contributed by atoms with Gasteiger partial charge in [0.1, 0.15) is 5.69 Å². The number of aromatic nitrogens is 2. The third-order valence-electron chi connectivity index (χ3n) is 5.08. The number of hydrogen-bond acceptors (Lipinski definition) is 8. The first-order valence-corrected chi connectivity index (χ1v) is 11.3. The van der Waals surface area contributed by atoms with Crippen molar-refractivity contribution in [2.75, 3.05) is 18.5 Å². The highest BCUT2D eigenvalue weighted by molar-refractivity contribution is 8.15. The van der Waals surface area contributed by atoms with Gasteiger partial charge in [-0.1, -0.05) is 17.7 Å². The number of amides is 1. The molecule has 0 fully saturated rings. The van der Waals surface area contributed by atoms with Crippen LogP contribution in [0.1, 0.15) is 36.3 Å². The second-order valence-electron chi connectivity index (χ2n) is 8.60. The molecule has 0 saturated carbocycles. The van der Waals surface area contributed by atoms with Crippen LogP contribution in [0.4, 0.5) is 14.5 Å². The Morgan fingerprint density at radius 2 is 2.03 bits per heavy atom. The van der Waals surface area contributed by atoms with E-state index in [9.17, 15) is 9.18 Å². The molecule has 0 saturated heterocycles. The topological polar surface area (TPSA) is 112 Å². The average Bonchev–Trinajstić information content (AvgIpc) is 2.77. The Morgan fingerprint density at radius 3 is 2.64 bits per heavy atom. The van der Waals surface area contributed by atoms with E-state index in [2.05, 4.69) is 26.2 Å². The van der Waals surface area contributed by atoms with Gasteiger partial charge in [0.15, 0.2) is 23.4 Å². The minimum Gasteiger partial charge on any atom is -0.463 e. The average molecular weight is 505 g/mol. The van der Waals surface area contributed by atoms with Crippen LogP contribution in [0.15, 0.2) is 29.5 Å². The lowest BCUT2D eigenvalue weighted by molar-refractivity contribution is 0.100. The van der Waals surface area contributed by atoms with E-state index >= 15 is 4.39 Å². The summed E-state index contributed by atoms with van der Waals surface area (Å²) >= 11 is 1.17. The van der Waals surface area contributed by atoms with Crippen molar-refractivity contribution in [1.29, 1.82) is 0 Å². The summed E-state index contributed by atoms with van der Waals surface area (Å²) in [4.78, 5) is 24.9. The number of halogens is 2. The van der Waals surface area contributed by atoms with E-state index in [1.165, 1.54) is 24.0 Å². The molecular weight excluding hydrogens is 485 g/mol. The van der Waals surface area contributed by atoms with Gasteiger partial charge in [0.2, 0.25) is 5.88 Å². The van der Waals surface area contributed by atoms with Crippen LogP contribution in [0.3, 0.4) is 0 Å². The van der Waals surface area contributed by atoms with Gasteiger partial charge in [0.25, 0.3) is 5.91 Å². The van der Waals surface area contributed by atoms with Crippen LogP contribution in [0.25, 0.3) is 0 Å². The third-order valence-corrected chi connectivity index (χ3v) is 6.14. The lowest BCUT2D eigenvalue weighted by Gasteiger charge is -2.42. The maximum Gasteiger partial charge on any atom is 0.275 e. The van der Waals surface area contributed by atoms with Crippen molar-refractivity contribution >= 4 is 52.1 Å². The highest BCUT2D eigenvalue weighted by Crippen LogP contribution is 2.46. The van der Waals surface area contributed by atoms with Crippen molar-refractivity contribution in [3.63, 3.8) is 0 Å². The molecule has 3 N–H and O–H groups in total. The molecule has 1 aromatic carbocycles. The summed E-state index contributed by atoms with van der Waals surface area (Å²) in [6.07, 6.45) is 7.63. The number of nitrogens with zero attached hydrogens (tertiary/aromatic N) is 3. The number of amidine groups is 1. The van der Waals surface area contributed by atoms with Gasteiger partial charge >= 0.3 is 0 Å². The Labute approximate surface area is 215 Å². The highest BCUT2D eigenvalue weighted by Gasteiger charge is 2.44. The summed E-state index contributed by atoms with van der Waals surface area (Å²) in [7, 11) is 16.5. The van der Waals surface area contributed by atoms with Gasteiger partial charge in [-0.15, -0.1) is 6.42 Å². The number of ether oxygens (including phenoxy) is 2. The normalized spacial score (nSPS) is 21.8. The van der Waals surface area contributed by atoms with Gasteiger partial charge in [-0.3, -0.25) is 9.79 Å². The maximum atomic E-state index is 15.0. The molecule has 0 spiro atoms. The van der Waals surface area contributed by atoms with Gasteiger partial charge in [0.05, 0.1) is 48.1 Å². The van der Waals surface area contributed by atoms with Gasteiger partial charge < -0.3 is 20.5 Å². The van der Waals surface area contributed by atoms with E-state index < -0.39 is 33.1 Å². The van der Waals surface area contributed by atoms with Crippen molar-refractivity contribution in [3.8, 4) is 18.2 Å². The van der Waals surface area contributed by atoms with Crippen LogP contribution in [0.5, 0.6) is 5.88 Å². The molecule has 3 rings (SSSR count). The quantitative estimate of drug-likeness (QED) is 0.414. The standard InChI is InChI=1S/C22H20B3F2N5O3S/c1-4-5-34-16-9-29-15(8-30-16)18(33)31-12-6-13(17(27)14(26)7-12)21(3)10-20(2,36-19(28)32-21)11-35-22(23,24)25/h1,6-9H,5,10-11H2,2-3H3,(H2,28,32)(H,31,33)/t20-,21+/m1/s1. The molecule has 36 heavy (non-hydrogen) atoms. The van der Waals surface area contributed by atoms with Crippen molar-refractivity contribution < 1.29 is 23.0 Å². The van der Waals surface area contributed by atoms with Crippen molar-refractivity contribution in [2.45, 2.75) is 35.9 Å². The lowest BCUT2D eigenvalue weighted by Crippen LogP contribution is -2.46. The van der Waals surface area contributed by atoms with E-state index in [1.54, 1.807) is 13.8 Å². The first-order chi connectivity index (χ1) is 16.7. The molecule has 2 aromatic rings. The van der Waals surface area contributed by atoms with E-state index in [0.717, 1.165) is 12.3 Å². The smallest absolute Gasteiger partial charge is 0.275 e. The van der Waals surface area contributed by atoms with Crippen LogP contribution in [-0.4, -0.2) is 67.8 Å². The number of terminal acetylenes is 1. The van der Waals surface area contributed by atoms with Crippen LogP contribution in [-0.2, 0) is 10.3 Å². The van der Waals surface area contributed by atoms with E-state index in [-0.39, 0.29) is 47.6 Å². The summed E-state index contributed by atoms with van der Waals surface area (Å²) in [5.41, 5.74) is 4.46. The maximum absolute atomic E-state index is 15.0. The fourth-order valence-corrected chi connectivity index (χ4v) is 4.93. The predicted octanol–water partition coefficient (Wildman–Crippen LogP) is 1.58. The Hall–Kier alpha value is -3.04. The zero-order valence-electron chi connectivity index (χ0n) is 19.5. The number of nitrogens with one attached hydrogen (secondary N) is 1. The fraction of sp³-hybridized carbons (Fsp3) is 0.364. The van der Waals surface area contributed by atoms with Crippen LogP contribution in [0, 0.1) is 24.0 Å². The molecule has 2 atom stereocenters. The molecule has 1 aliphatic heterocycles. The number of anilines is 1. The molecule has 14 heteroatoms. The zero-order chi connectivity index (χ0) is 26.7. The number of benzene rings is 1. The Kier molecular flexibility index (Phi) is 8.05. The number of carbonyl (C=O) groups is 1. The first kappa shape index (κ1) is 27.6. The Morgan fingerprint density at radius 1 is 1.31 bits per heavy atom. The summed E-state index contributed by atoms with van der Waals surface area (Å²) in [5.74, 6) is -0.636. The predicted molar refractivity (Wildman–Crippen MR) is 136 cm³/mol. The number of hydrogen-bond donors (Lipinski definition) is 2. The summed E-state index contributed by atoms with van der Waals surface area (Å²) in [5, 5.41) is 0.707. The van der Waals surface area contributed by atoms with Gasteiger partial charge in [-0.2, -0.15) is 0 Å². The Bertz CT molecular complexity index is 1220. The van der Waals surface area contributed by atoms with E-state index in [1.807, 2.05) is 0 Å². The molecule has 0 bridgehead atoms. The molecule has 180 valence electrons. The van der Waals surface area contributed by atoms with Crippen LogP contribution >= 0.6 is 11.8 Å². The monoisotopic (exact) mass is 505 g/mol. The molecule has 0 unspecified atom stereocenters. The van der Waals surface area contributed by atoms with Crippen molar-refractivity contribution in [1.82, 2.24) is 9.97 Å². The SMILES string of the molecule is [B]C([B])([B])OC[C@@]1(C)C[C@@](C)(c2cc(NC(=O)c3cnc(OCC#C)cn3)cc(F)c2F)N=C(N)S1. The molecule has 0 aliphatic carbocycles. The molecule has 6 radical (unpaired) electrons. The minimum absolute atomic E-state index is 0.0150. The second-order valence-corrected chi connectivity index (χ2v) is 10.2. The summed E-state index contributed by atoms with van der Waals surface area (Å²) < 4.78 is 39.3. The van der Waals surface area contributed by atoms with E-state index in [4.69, 9.17) is 45.2 Å². The van der Waals surface area contributed by atoms with Gasteiger partial charge in [-0.05, 0) is 31.6 Å². The summed E-state index contributed by atoms with van der Waals surface area (Å²) in [6.45, 7) is 3.30. The molecular formula is C22H20B3F2N5O3S. The van der Waals surface area contributed by atoms with Crippen LogP contribution < -0.4 is 15.8 Å². The fourth-order valence-electron chi connectivity index (χ4n) is 3.71. The largest absolute Gasteiger partial charge is 0.463 e.